The molecule has 0 saturated heterocycles. The molecule has 0 radical (unpaired) electrons. The number of carbonyl (C=O) groups is 1. The average Bonchev–Trinajstić information content (AvgIpc) is 2.92. The summed E-state index contributed by atoms with van der Waals surface area (Å²) in [5.74, 6) is 0.0233. The molecule has 1 fully saturated rings. The average molecular weight is 188 g/mol. The summed E-state index contributed by atoms with van der Waals surface area (Å²) in [6.07, 6.45) is 2.11. The lowest BCUT2D eigenvalue weighted by Crippen LogP contribution is -2.00. The molecule has 0 aromatic heterocycles. The maximum absolute atomic E-state index is 10.9. The van der Waals surface area contributed by atoms with Crippen LogP contribution in [0.5, 0.6) is 0 Å². The lowest BCUT2D eigenvalue weighted by atomic mass is 9.92. The highest BCUT2D eigenvalue weighted by Gasteiger charge is 2.57. The van der Waals surface area contributed by atoms with Gasteiger partial charge in [-0.3, -0.25) is 4.79 Å². The number of carboxylic acids is 1. The molecule has 14 heavy (non-hydrogen) atoms. The SMILES string of the molecule is O=C(O)[C@@H]1[C@H]2CCc3ccccc3[C@H]21. The van der Waals surface area contributed by atoms with Gasteiger partial charge in [-0.25, -0.2) is 0 Å². The Morgan fingerprint density at radius 3 is 2.93 bits per heavy atom. The number of carboxylic acid groups (broad SMARTS) is 1. The fraction of sp³-hybridized carbons (Fsp3) is 0.417. The molecule has 0 aliphatic heterocycles. The summed E-state index contributed by atoms with van der Waals surface area (Å²) in [7, 11) is 0. The second-order valence-electron chi connectivity index (χ2n) is 4.29. The van der Waals surface area contributed by atoms with Crippen LogP contribution in [0, 0.1) is 11.8 Å². The molecule has 2 nitrogen and oxygen atoms in total. The van der Waals surface area contributed by atoms with E-state index in [4.69, 9.17) is 5.11 Å². The summed E-state index contributed by atoms with van der Waals surface area (Å²) < 4.78 is 0. The van der Waals surface area contributed by atoms with Crippen molar-refractivity contribution in [2.45, 2.75) is 18.8 Å². The Morgan fingerprint density at radius 1 is 1.36 bits per heavy atom. The zero-order valence-corrected chi connectivity index (χ0v) is 7.81. The molecule has 2 heteroatoms. The molecule has 0 bridgehead atoms. The molecule has 1 N–H and O–H groups in total. The molecule has 0 amide bonds. The van der Waals surface area contributed by atoms with Crippen LogP contribution in [-0.4, -0.2) is 11.1 Å². The van der Waals surface area contributed by atoms with E-state index < -0.39 is 5.97 Å². The largest absolute Gasteiger partial charge is 0.481 e. The topological polar surface area (TPSA) is 37.3 Å². The van der Waals surface area contributed by atoms with Crippen LogP contribution in [0.2, 0.25) is 0 Å². The van der Waals surface area contributed by atoms with Crippen LogP contribution in [0.15, 0.2) is 24.3 Å². The lowest BCUT2D eigenvalue weighted by Gasteiger charge is -2.13. The number of hydrogen-bond donors (Lipinski definition) is 1. The summed E-state index contributed by atoms with van der Waals surface area (Å²) in [5, 5.41) is 9.01. The van der Waals surface area contributed by atoms with E-state index in [1.54, 1.807) is 0 Å². The van der Waals surface area contributed by atoms with Gasteiger partial charge in [0.2, 0.25) is 0 Å². The zero-order valence-electron chi connectivity index (χ0n) is 7.81. The minimum Gasteiger partial charge on any atom is -0.481 e. The predicted octanol–water partition coefficient (Wildman–Crippen LogP) is 2.05. The van der Waals surface area contributed by atoms with E-state index in [9.17, 15) is 4.79 Å². The van der Waals surface area contributed by atoms with Crippen LogP contribution < -0.4 is 0 Å². The Hall–Kier alpha value is -1.31. The van der Waals surface area contributed by atoms with E-state index in [2.05, 4.69) is 12.1 Å². The first-order valence-corrected chi connectivity index (χ1v) is 5.09. The maximum Gasteiger partial charge on any atom is 0.307 e. The van der Waals surface area contributed by atoms with E-state index in [0.29, 0.717) is 11.8 Å². The summed E-state index contributed by atoms with van der Waals surface area (Å²) in [5.41, 5.74) is 2.65. The van der Waals surface area contributed by atoms with Crippen LogP contribution in [0.1, 0.15) is 23.5 Å². The van der Waals surface area contributed by atoms with Gasteiger partial charge in [0.1, 0.15) is 0 Å². The monoisotopic (exact) mass is 188 g/mol. The van der Waals surface area contributed by atoms with Gasteiger partial charge in [-0.05, 0) is 29.9 Å². The quantitative estimate of drug-likeness (QED) is 0.732. The smallest absolute Gasteiger partial charge is 0.307 e. The normalized spacial score (nSPS) is 33.0. The second-order valence-corrected chi connectivity index (χ2v) is 4.29. The lowest BCUT2D eigenvalue weighted by molar-refractivity contribution is -0.138. The molecule has 3 rings (SSSR count). The van der Waals surface area contributed by atoms with Gasteiger partial charge < -0.3 is 5.11 Å². The Balaban J connectivity index is 2.00. The third-order valence-corrected chi connectivity index (χ3v) is 3.61. The number of aryl methyl sites for hydroxylation is 1. The van der Waals surface area contributed by atoms with E-state index in [1.165, 1.54) is 11.1 Å². The van der Waals surface area contributed by atoms with E-state index >= 15 is 0 Å². The van der Waals surface area contributed by atoms with Gasteiger partial charge in [0, 0.05) is 5.92 Å². The van der Waals surface area contributed by atoms with Gasteiger partial charge >= 0.3 is 5.97 Å². The molecule has 0 spiro atoms. The highest BCUT2D eigenvalue weighted by molar-refractivity contribution is 5.76. The Kier molecular flexibility index (Phi) is 1.49. The van der Waals surface area contributed by atoms with Crippen molar-refractivity contribution in [2.75, 3.05) is 0 Å². The van der Waals surface area contributed by atoms with Crippen molar-refractivity contribution in [2.24, 2.45) is 11.8 Å². The molecule has 72 valence electrons. The van der Waals surface area contributed by atoms with E-state index in [1.807, 2.05) is 12.1 Å². The maximum atomic E-state index is 10.9. The van der Waals surface area contributed by atoms with Gasteiger partial charge in [0.15, 0.2) is 0 Å². The molecule has 1 aromatic carbocycles. The van der Waals surface area contributed by atoms with Crippen molar-refractivity contribution in [3.8, 4) is 0 Å². The fourth-order valence-corrected chi connectivity index (χ4v) is 2.90. The third kappa shape index (κ3) is 0.939. The van der Waals surface area contributed by atoms with E-state index in [0.717, 1.165) is 12.8 Å². The number of fused-ring (bicyclic) bond motifs is 3. The molecule has 0 unspecified atom stereocenters. The Morgan fingerprint density at radius 2 is 2.14 bits per heavy atom. The fourth-order valence-electron chi connectivity index (χ4n) is 2.90. The Bertz CT molecular complexity index is 397. The van der Waals surface area contributed by atoms with Crippen LogP contribution in [-0.2, 0) is 11.2 Å². The molecule has 2 aliphatic rings. The summed E-state index contributed by atoms with van der Waals surface area (Å²) in [4.78, 5) is 10.9. The van der Waals surface area contributed by atoms with Crippen LogP contribution in [0.4, 0.5) is 0 Å². The van der Waals surface area contributed by atoms with Crippen LogP contribution in [0.3, 0.4) is 0 Å². The van der Waals surface area contributed by atoms with Gasteiger partial charge in [0.05, 0.1) is 5.92 Å². The number of benzene rings is 1. The molecule has 1 saturated carbocycles. The minimum absolute atomic E-state index is 0.0985. The minimum atomic E-state index is -0.614. The summed E-state index contributed by atoms with van der Waals surface area (Å²) in [6.45, 7) is 0. The first-order valence-electron chi connectivity index (χ1n) is 5.09. The molecule has 2 aliphatic carbocycles. The van der Waals surface area contributed by atoms with Gasteiger partial charge in [-0.2, -0.15) is 0 Å². The number of hydrogen-bond acceptors (Lipinski definition) is 1. The van der Waals surface area contributed by atoms with Crippen LogP contribution >= 0.6 is 0 Å². The third-order valence-electron chi connectivity index (χ3n) is 3.61. The first kappa shape index (κ1) is 8.04. The van der Waals surface area contributed by atoms with Gasteiger partial charge in [0.25, 0.3) is 0 Å². The highest BCUT2D eigenvalue weighted by Crippen LogP contribution is 2.59. The zero-order chi connectivity index (χ0) is 9.71. The van der Waals surface area contributed by atoms with Crippen molar-refractivity contribution in [1.29, 1.82) is 0 Å². The van der Waals surface area contributed by atoms with Gasteiger partial charge in [-0.1, -0.05) is 24.3 Å². The molecular formula is C12H12O2. The standard InChI is InChI=1S/C12H12O2/c13-12(14)11-9-6-5-7-3-1-2-4-8(7)10(9)11/h1-4,9-11H,5-6H2,(H,13,14)/t9-,10+,11+/m0/s1. The highest BCUT2D eigenvalue weighted by atomic mass is 16.4. The number of aliphatic carboxylic acids is 1. The van der Waals surface area contributed by atoms with Crippen LogP contribution in [0.25, 0.3) is 0 Å². The van der Waals surface area contributed by atoms with Gasteiger partial charge in [-0.15, -0.1) is 0 Å². The number of rotatable bonds is 1. The van der Waals surface area contributed by atoms with Crippen molar-refractivity contribution >= 4 is 5.97 Å². The Labute approximate surface area is 82.6 Å². The molecule has 1 aromatic rings. The van der Waals surface area contributed by atoms with Crippen molar-refractivity contribution in [3.63, 3.8) is 0 Å². The second kappa shape index (κ2) is 2.59. The first-order chi connectivity index (χ1) is 6.79. The molecule has 3 atom stereocenters. The summed E-state index contributed by atoms with van der Waals surface area (Å²) >= 11 is 0. The van der Waals surface area contributed by atoms with Crippen molar-refractivity contribution in [3.05, 3.63) is 35.4 Å². The molecule has 0 heterocycles. The van der Waals surface area contributed by atoms with Crippen molar-refractivity contribution in [1.82, 2.24) is 0 Å². The summed E-state index contributed by atoms with van der Waals surface area (Å²) in [6, 6.07) is 8.27. The van der Waals surface area contributed by atoms with E-state index in [-0.39, 0.29) is 5.92 Å². The van der Waals surface area contributed by atoms with Crippen molar-refractivity contribution < 1.29 is 9.90 Å². The molecular weight excluding hydrogens is 176 g/mol. The predicted molar refractivity (Wildman–Crippen MR) is 52.1 cm³/mol.